The Labute approximate surface area is 166 Å². The molecule has 6 heteroatoms. The molecule has 0 aromatic heterocycles. The van der Waals surface area contributed by atoms with E-state index < -0.39 is 12.0 Å². The van der Waals surface area contributed by atoms with Gasteiger partial charge in [-0.1, -0.05) is 38.1 Å². The van der Waals surface area contributed by atoms with E-state index in [0.717, 1.165) is 25.7 Å². The Kier molecular flexibility index (Phi) is 6.37. The van der Waals surface area contributed by atoms with Crippen molar-refractivity contribution in [1.82, 2.24) is 9.80 Å². The van der Waals surface area contributed by atoms with Crippen LogP contribution in [0, 0.1) is 5.92 Å². The summed E-state index contributed by atoms with van der Waals surface area (Å²) in [6, 6.07) is 7.59. The Bertz CT molecular complexity index is 746. The van der Waals surface area contributed by atoms with Gasteiger partial charge < -0.3 is 14.5 Å². The molecule has 0 saturated carbocycles. The maximum absolute atomic E-state index is 12.7. The Morgan fingerprint density at radius 2 is 1.96 bits per heavy atom. The van der Waals surface area contributed by atoms with E-state index >= 15 is 0 Å². The van der Waals surface area contributed by atoms with Gasteiger partial charge in [-0.3, -0.25) is 9.59 Å². The summed E-state index contributed by atoms with van der Waals surface area (Å²) in [5.74, 6) is -0.785. The number of benzene rings is 1. The minimum absolute atomic E-state index is 0.0113. The van der Waals surface area contributed by atoms with Crippen LogP contribution in [0.15, 0.2) is 24.3 Å². The van der Waals surface area contributed by atoms with E-state index in [-0.39, 0.29) is 30.4 Å². The number of aryl methyl sites for hydroxylation is 1. The number of carbonyl (C=O) groups is 3. The fraction of sp³-hybridized carbons (Fsp3) is 0.591. The first-order valence-corrected chi connectivity index (χ1v) is 10.2. The van der Waals surface area contributed by atoms with Gasteiger partial charge in [0, 0.05) is 20.0 Å². The normalized spacial score (nSPS) is 20.1. The second kappa shape index (κ2) is 8.76. The van der Waals surface area contributed by atoms with E-state index in [1.165, 1.54) is 11.1 Å². The molecular formula is C22H30N2O4. The number of esters is 1. The van der Waals surface area contributed by atoms with E-state index in [4.69, 9.17) is 4.74 Å². The molecule has 1 aromatic carbocycles. The van der Waals surface area contributed by atoms with Crippen LogP contribution in [0.1, 0.15) is 56.7 Å². The number of ether oxygens (including phenoxy) is 1. The van der Waals surface area contributed by atoms with Crippen LogP contribution in [-0.4, -0.2) is 53.8 Å². The Morgan fingerprint density at radius 3 is 2.64 bits per heavy atom. The molecule has 1 aromatic rings. The zero-order valence-corrected chi connectivity index (χ0v) is 17.0. The average Bonchev–Trinajstić information content (AvgIpc) is 3.10. The lowest BCUT2D eigenvalue weighted by Crippen LogP contribution is -2.47. The van der Waals surface area contributed by atoms with E-state index in [9.17, 15) is 14.4 Å². The minimum atomic E-state index is -0.622. The van der Waals surface area contributed by atoms with Crippen LogP contribution in [0.5, 0.6) is 0 Å². The van der Waals surface area contributed by atoms with Gasteiger partial charge in [-0.25, -0.2) is 4.79 Å². The van der Waals surface area contributed by atoms with Crippen LogP contribution in [0.2, 0.25) is 0 Å². The molecular weight excluding hydrogens is 356 g/mol. The van der Waals surface area contributed by atoms with Crippen LogP contribution in [0.3, 0.4) is 0 Å². The predicted molar refractivity (Wildman–Crippen MR) is 105 cm³/mol. The molecule has 2 aliphatic rings. The smallest absolute Gasteiger partial charge is 0.329 e. The van der Waals surface area contributed by atoms with Crippen molar-refractivity contribution in [3.05, 3.63) is 35.4 Å². The Morgan fingerprint density at radius 1 is 1.21 bits per heavy atom. The van der Waals surface area contributed by atoms with Crippen molar-refractivity contribution in [3.63, 3.8) is 0 Å². The SMILES string of the molecule is CC(C)C(C(=O)OCC(=O)N(C)C1CCCc2ccccc21)N1CCCC1=O. The fourth-order valence-electron chi connectivity index (χ4n) is 4.35. The zero-order chi connectivity index (χ0) is 20.3. The summed E-state index contributed by atoms with van der Waals surface area (Å²) in [6.07, 6.45) is 4.21. The molecule has 2 atom stereocenters. The molecule has 0 radical (unpaired) electrons. The van der Waals surface area contributed by atoms with Crippen LogP contribution < -0.4 is 0 Å². The molecule has 1 heterocycles. The number of nitrogens with zero attached hydrogens (tertiary/aromatic N) is 2. The first-order valence-electron chi connectivity index (χ1n) is 10.2. The van der Waals surface area contributed by atoms with E-state index in [2.05, 4.69) is 12.1 Å². The van der Waals surface area contributed by atoms with Gasteiger partial charge in [0.25, 0.3) is 5.91 Å². The quantitative estimate of drug-likeness (QED) is 0.705. The third-order valence-corrected chi connectivity index (χ3v) is 5.86. The van der Waals surface area contributed by atoms with Gasteiger partial charge in [-0.15, -0.1) is 0 Å². The van der Waals surface area contributed by atoms with Crippen molar-refractivity contribution >= 4 is 17.8 Å². The van der Waals surface area contributed by atoms with Gasteiger partial charge >= 0.3 is 5.97 Å². The lowest BCUT2D eigenvalue weighted by atomic mass is 9.87. The monoisotopic (exact) mass is 386 g/mol. The van der Waals surface area contributed by atoms with Crippen molar-refractivity contribution in [2.45, 2.75) is 58.0 Å². The molecule has 152 valence electrons. The molecule has 2 amide bonds. The van der Waals surface area contributed by atoms with Crippen molar-refractivity contribution in [2.24, 2.45) is 5.92 Å². The summed E-state index contributed by atoms with van der Waals surface area (Å²) in [4.78, 5) is 40.7. The van der Waals surface area contributed by atoms with Gasteiger partial charge in [-0.2, -0.15) is 0 Å². The third kappa shape index (κ3) is 4.21. The van der Waals surface area contributed by atoms with E-state index in [1.54, 1.807) is 16.8 Å². The molecule has 1 aliphatic heterocycles. The molecule has 3 rings (SSSR count). The summed E-state index contributed by atoms with van der Waals surface area (Å²) in [5, 5.41) is 0. The lowest BCUT2D eigenvalue weighted by Gasteiger charge is -2.33. The minimum Gasteiger partial charge on any atom is -0.454 e. The number of carbonyl (C=O) groups excluding carboxylic acids is 3. The number of amides is 2. The molecule has 0 N–H and O–H groups in total. The van der Waals surface area contributed by atoms with E-state index in [1.807, 2.05) is 26.0 Å². The molecule has 0 bridgehead atoms. The second-order valence-electron chi connectivity index (χ2n) is 8.10. The van der Waals surface area contributed by atoms with Crippen molar-refractivity contribution in [1.29, 1.82) is 0 Å². The molecule has 6 nitrogen and oxygen atoms in total. The highest BCUT2D eigenvalue weighted by molar-refractivity contribution is 5.87. The van der Waals surface area contributed by atoms with Crippen LogP contribution in [0.4, 0.5) is 0 Å². The molecule has 1 fully saturated rings. The number of rotatable bonds is 6. The second-order valence-corrected chi connectivity index (χ2v) is 8.10. The molecule has 1 saturated heterocycles. The molecule has 2 unspecified atom stereocenters. The van der Waals surface area contributed by atoms with Gasteiger partial charge in [0.1, 0.15) is 6.04 Å². The highest BCUT2D eigenvalue weighted by Gasteiger charge is 2.36. The number of fused-ring (bicyclic) bond motifs is 1. The first-order chi connectivity index (χ1) is 13.4. The number of likely N-dealkylation sites (tertiary alicyclic amines) is 1. The maximum atomic E-state index is 12.7. The lowest BCUT2D eigenvalue weighted by molar-refractivity contribution is -0.160. The topological polar surface area (TPSA) is 66.9 Å². The first kappa shape index (κ1) is 20.4. The average molecular weight is 386 g/mol. The summed E-state index contributed by atoms with van der Waals surface area (Å²) in [5.41, 5.74) is 2.46. The standard InChI is InChI=1S/C22H30N2O4/c1-15(2)21(24-13-7-12-19(24)25)22(27)28-14-20(26)23(3)18-11-6-9-16-8-4-5-10-17(16)18/h4-5,8,10,15,18,21H,6-7,9,11-14H2,1-3H3. The van der Waals surface area contributed by atoms with Crippen molar-refractivity contribution < 1.29 is 19.1 Å². The fourth-order valence-corrected chi connectivity index (χ4v) is 4.35. The highest BCUT2D eigenvalue weighted by Crippen LogP contribution is 2.33. The Hall–Kier alpha value is -2.37. The van der Waals surface area contributed by atoms with Gasteiger partial charge in [0.05, 0.1) is 6.04 Å². The molecule has 1 aliphatic carbocycles. The molecule has 28 heavy (non-hydrogen) atoms. The third-order valence-electron chi connectivity index (χ3n) is 5.86. The summed E-state index contributed by atoms with van der Waals surface area (Å²) < 4.78 is 5.36. The molecule has 0 spiro atoms. The number of likely N-dealkylation sites (N-methyl/N-ethyl adjacent to an activating group) is 1. The Balaban J connectivity index is 1.61. The summed E-state index contributed by atoms with van der Waals surface area (Å²) in [6.45, 7) is 4.07. The van der Waals surface area contributed by atoms with Crippen LogP contribution in [-0.2, 0) is 25.5 Å². The van der Waals surface area contributed by atoms with Gasteiger partial charge in [0.15, 0.2) is 6.61 Å². The summed E-state index contributed by atoms with van der Waals surface area (Å²) >= 11 is 0. The number of hydrogen-bond acceptors (Lipinski definition) is 4. The zero-order valence-electron chi connectivity index (χ0n) is 17.0. The van der Waals surface area contributed by atoms with Gasteiger partial charge in [0.2, 0.25) is 5.91 Å². The van der Waals surface area contributed by atoms with Crippen LogP contribution in [0.25, 0.3) is 0 Å². The van der Waals surface area contributed by atoms with Crippen molar-refractivity contribution in [2.75, 3.05) is 20.2 Å². The number of hydrogen-bond donors (Lipinski definition) is 0. The predicted octanol–water partition coefficient (Wildman–Crippen LogP) is 2.71. The van der Waals surface area contributed by atoms with Crippen molar-refractivity contribution in [3.8, 4) is 0 Å². The van der Waals surface area contributed by atoms with Crippen LogP contribution >= 0.6 is 0 Å². The highest BCUT2D eigenvalue weighted by atomic mass is 16.5. The largest absolute Gasteiger partial charge is 0.454 e. The van der Waals surface area contributed by atoms with Gasteiger partial charge in [-0.05, 0) is 42.7 Å². The van der Waals surface area contributed by atoms with E-state index in [0.29, 0.717) is 13.0 Å². The maximum Gasteiger partial charge on any atom is 0.329 e. The summed E-state index contributed by atoms with van der Waals surface area (Å²) in [7, 11) is 1.77.